The van der Waals surface area contributed by atoms with Crippen LogP contribution in [0.5, 0.6) is 0 Å². The molecular formula is C18H16ClFN4OS. The number of aromatic nitrogens is 2. The van der Waals surface area contributed by atoms with E-state index in [4.69, 9.17) is 11.6 Å². The van der Waals surface area contributed by atoms with Crippen molar-refractivity contribution in [1.82, 2.24) is 15.1 Å². The van der Waals surface area contributed by atoms with Crippen molar-refractivity contribution in [2.24, 2.45) is 0 Å². The molecule has 1 N–H and O–H groups in total. The van der Waals surface area contributed by atoms with E-state index in [1.807, 2.05) is 23.6 Å². The Hall–Kier alpha value is -2.38. The van der Waals surface area contributed by atoms with E-state index in [2.05, 4.69) is 15.1 Å². The van der Waals surface area contributed by atoms with Gasteiger partial charge in [-0.2, -0.15) is 5.10 Å². The number of hydrogen-bond acceptors (Lipinski definition) is 4. The zero-order valence-electron chi connectivity index (χ0n) is 13.8. The highest BCUT2D eigenvalue weighted by atomic mass is 35.5. The Morgan fingerprint density at radius 1 is 1.19 bits per heavy atom. The number of rotatable bonds is 3. The van der Waals surface area contributed by atoms with Crippen molar-refractivity contribution in [3.63, 3.8) is 0 Å². The van der Waals surface area contributed by atoms with Gasteiger partial charge in [-0.3, -0.25) is 9.89 Å². The third kappa shape index (κ3) is 3.32. The van der Waals surface area contributed by atoms with Crippen LogP contribution in [0.15, 0.2) is 41.8 Å². The van der Waals surface area contributed by atoms with Crippen molar-refractivity contribution in [1.29, 1.82) is 0 Å². The smallest absolute Gasteiger partial charge is 0.255 e. The van der Waals surface area contributed by atoms with Gasteiger partial charge in [-0.1, -0.05) is 17.7 Å². The number of carbonyl (C=O) groups excluding carboxylic acids is 1. The second-order valence-corrected chi connectivity index (χ2v) is 7.38. The summed E-state index contributed by atoms with van der Waals surface area (Å²) in [7, 11) is 0. The van der Waals surface area contributed by atoms with Crippen LogP contribution >= 0.6 is 22.9 Å². The summed E-state index contributed by atoms with van der Waals surface area (Å²) in [4.78, 5) is 17.6. The Labute approximate surface area is 159 Å². The van der Waals surface area contributed by atoms with Crippen molar-refractivity contribution in [3.05, 3.63) is 58.2 Å². The molecule has 8 heteroatoms. The third-order valence-electron chi connectivity index (χ3n) is 4.40. The number of aromatic amines is 1. The minimum atomic E-state index is -0.448. The van der Waals surface area contributed by atoms with Gasteiger partial charge in [0.1, 0.15) is 5.82 Å². The third-order valence-corrected chi connectivity index (χ3v) is 5.62. The Bertz CT molecular complexity index is 919. The second kappa shape index (κ2) is 7.09. The molecule has 1 amide bonds. The van der Waals surface area contributed by atoms with Crippen molar-refractivity contribution in [3.8, 4) is 10.6 Å². The molecule has 1 aliphatic heterocycles. The number of benzene rings is 1. The predicted octanol–water partition coefficient (Wildman–Crippen LogP) is 3.89. The van der Waals surface area contributed by atoms with Crippen molar-refractivity contribution in [2.45, 2.75) is 0 Å². The fourth-order valence-electron chi connectivity index (χ4n) is 3.00. The zero-order chi connectivity index (χ0) is 18.1. The minimum Gasteiger partial charge on any atom is -0.352 e. The summed E-state index contributed by atoms with van der Waals surface area (Å²) in [5, 5.41) is 9.62. The van der Waals surface area contributed by atoms with Gasteiger partial charge in [0.2, 0.25) is 0 Å². The first-order valence-electron chi connectivity index (χ1n) is 8.20. The Kier molecular flexibility index (Phi) is 4.65. The van der Waals surface area contributed by atoms with Crippen molar-refractivity contribution >= 4 is 34.7 Å². The highest BCUT2D eigenvalue weighted by Gasteiger charge is 2.25. The molecule has 0 radical (unpaired) electrons. The van der Waals surface area contributed by atoms with Crippen LogP contribution in [0.2, 0.25) is 5.02 Å². The molecule has 5 nitrogen and oxygen atoms in total. The number of H-pyrrole nitrogens is 1. The number of amides is 1. The molecule has 26 heavy (non-hydrogen) atoms. The van der Waals surface area contributed by atoms with Gasteiger partial charge in [0.25, 0.3) is 5.91 Å². The van der Waals surface area contributed by atoms with E-state index < -0.39 is 5.82 Å². The molecule has 1 saturated heterocycles. The summed E-state index contributed by atoms with van der Waals surface area (Å²) >= 11 is 7.67. The van der Waals surface area contributed by atoms with Crippen LogP contribution in [-0.4, -0.2) is 47.2 Å². The van der Waals surface area contributed by atoms with Crippen LogP contribution in [0.1, 0.15) is 10.4 Å². The summed E-state index contributed by atoms with van der Waals surface area (Å²) in [6.07, 6.45) is 0. The van der Waals surface area contributed by atoms with Crippen LogP contribution in [0.3, 0.4) is 0 Å². The maximum atomic E-state index is 13.2. The van der Waals surface area contributed by atoms with Gasteiger partial charge in [-0.05, 0) is 29.6 Å². The zero-order valence-corrected chi connectivity index (χ0v) is 15.4. The van der Waals surface area contributed by atoms with E-state index in [9.17, 15) is 9.18 Å². The van der Waals surface area contributed by atoms with Gasteiger partial charge in [0.05, 0.1) is 21.2 Å². The van der Waals surface area contributed by atoms with E-state index in [1.54, 1.807) is 16.2 Å². The van der Waals surface area contributed by atoms with Gasteiger partial charge in [0, 0.05) is 32.2 Å². The van der Waals surface area contributed by atoms with E-state index >= 15 is 0 Å². The number of hydrogen-bond donors (Lipinski definition) is 1. The fourth-order valence-corrected chi connectivity index (χ4v) is 3.94. The van der Waals surface area contributed by atoms with Crippen LogP contribution in [0.25, 0.3) is 10.6 Å². The first kappa shape index (κ1) is 17.1. The summed E-state index contributed by atoms with van der Waals surface area (Å²) in [5.74, 6) is 0.257. The summed E-state index contributed by atoms with van der Waals surface area (Å²) < 4.78 is 13.2. The Balaban J connectivity index is 1.42. The number of nitrogens with one attached hydrogen (secondary N) is 1. The van der Waals surface area contributed by atoms with Gasteiger partial charge in [-0.25, -0.2) is 4.39 Å². The highest BCUT2D eigenvalue weighted by molar-refractivity contribution is 7.13. The molecule has 2 aromatic heterocycles. The molecule has 3 heterocycles. The average Bonchev–Trinajstić information content (AvgIpc) is 3.33. The van der Waals surface area contributed by atoms with E-state index in [1.165, 1.54) is 18.2 Å². The molecule has 1 aliphatic rings. The molecule has 0 bridgehead atoms. The number of halogens is 2. The number of carbonyl (C=O) groups is 1. The van der Waals surface area contributed by atoms with Crippen molar-refractivity contribution in [2.75, 3.05) is 31.1 Å². The molecule has 0 unspecified atom stereocenters. The monoisotopic (exact) mass is 390 g/mol. The van der Waals surface area contributed by atoms with E-state index in [0.717, 1.165) is 16.4 Å². The Morgan fingerprint density at radius 2 is 2.00 bits per heavy atom. The lowest BCUT2D eigenvalue weighted by atomic mass is 10.1. The largest absolute Gasteiger partial charge is 0.352 e. The lowest BCUT2D eigenvalue weighted by Crippen LogP contribution is -2.49. The highest BCUT2D eigenvalue weighted by Crippen LogP contribution is 2.26. The van der Waals surface area contributed by atoms with E-state index in [0.29, 0.717) is 31.7 Å². The van der Waals surface area contributed by atoms with Crippen LogP contribution < -0.4 is 4.90 Å². The molecule has 1 fully saturated rings. The van der Waals surface area contributed by atoms with Gasteiger partial charge < -0.3 is 9.80 Å². The fraction of sp³-hybridized carbons (Fsp3) is 0.222. The summed E-state index contributed by atoms with van der Waals surface area (Å²) in [6, 6.07) is 9.94. The molecule has 0 saturated carbocycles. The van der Waals surface area contributed by atoms with Gasteiger partial charge in [0.15, 0.2) is 5.82 Å². The SMILES string of the molecule is O=C(c1ccc(F)cc1Cl)N1CCN(c2cc(-c3cccs3)[nH]n2)CC1. The Morgan fingerprint density at radius 3 is 2.69 bits per heavy atom. The topological polar surface area (TPSA) is 52.2 Å². The molecule has 3 aromatic rings. The summed E-state index contributed by atoms with van der Waals surface area (Å²) in [5.41, 5.74) is 1.33. The number of piperazine rings is 1. The van der Waals surface area contributed by atoms with E-state index in [-0.39, 0.29) is 10.9 Å². The molecule has 0 spiro atoms. The predicted molar refractivity (Wildman–Crippen MR) is 101 cm³/mol. The first-order valence-corrected chi connectivity index (χ1v) is 9.46. The standard InChI is InChI=1S/C18H16ClFN4OS/c19-14-10-12(20)3-4-13(14)18(25)24-7-5-23(6-8-24)17-11-15(21-22-17)16-2-1-9-26-16/h1-4,9-11H,5-8H2,(H,21,22). The number of nitrogens with zero attached hydrogens (tertiary/aromatic N) is 3. The average molecular weight is 391 g/mol. The maximum absolute atomic E-state index is 13.2. The van der Waals surface area contributed by atoms with Crippen LogP contribution in [0, 0.1) is 5.82 Å². The van der Waals surface area contributed by atoms with Crippen LogP contribution in [0.4, 0.5) is 10.2 Å². The maximum Gasteiger partial charge on any atom is 0.255 e. The summed E-state index contributed by atoms with van der Waals surface area (Å²) in [6.45, 7) is 2.49. The van der Waals surface area contributed by atoms with Crippen LogP contribution in [-0.2, 0) is 0 Å². The number of thiophene rings is 1. The molecule has 134 valence electrons. The van der Waals surface area contributed by atoms with Crippen molar-refractivity contribution < 1.29 is 9.18 Å². The normalized spacial score (nSPS) is 14.7. The second-order valence-electron chi connectivity index (χ2n) is 6.02. The lowest BCUT2D eigenvalue weighted by molar-refractivity contribution is 0.0746. The quantitative estimate of drug-likeness (QED) is 0.738. The molecule has 4 rings (SSSR count). The molecule has 0 aliphatic carbocycles. The van der Waals surface area contributed by atoms with Gasteiger partial charge in [-0.15, -0.1) is 11.3 Å². The number of anilines is 1. The first-order chi connectivity index (χ1) is 12.6. The molecule has 1 aromatic carbocycles. The molecular weight excluding hydrogens is 375 g/mol. The minimum absolute atomic E-state index is 0.144. The van der Waals surface area contributed by atoms with Gasteiger partial charge >= 0.3 is 0 Å². The lowest BCUT2D eigenvalue weighted by Gasteiger charge is -2.35. The molecule has 0 atom stereocenters.